The molecule has 0 saturated heterocycles. The molecular formula is C16H13BrClN7O. The van der Waals surface area contributed by atoms with Crippen LogP contribution in [0.3, 0.4) is 0 Å². The van der Waals surface area contributed by atoms with Gasteiger partial charge >= 0.3 is 0 Å². The molecule has 0 bridgehead atoms. The molecule has 0 atom stereocenters. The van der Waals surface area contributed by atoms with Gasteiger partial charge in [0.15, 0.2) is 16.8 Å². The van der Waals surface area contributed by atoms with Crippen LogP contribution in [0.2, 0.25) is 5.15 Å². The van der Waals surface area contributed by atoms with Crippen molar-refractivity contribution in [3.63, 3.8) is 0 Å². The van der Waals surface area contributed by atoms with E-state index in [1.807, 2.05) is 0 Å². The quantitative estimate of drug-likeness (QED) is 0.359. The van der Waals surface area contributed by atoms with Crippen molar-refractivity contribution >= 4 is 56.4 Å². The highest BCUT2D eigenvalue weighted by Crippen LogP contribution is 2.28. The third kappa shape index (κ3) is 4.19. The number of rotatable bonds is 5. The number of hydrogen-bond donors (Lipinski definition) is 4. The van der Waals surface area contributed by atoms with E-state index in [9.17, 15) is 4.79 Å². The number of hydrogen-bond acceptors (Lipinski definition) is 7. The van der Waals surface area contributed by atoms with Crippen LogP contribution in [0.4, 0.5) is 23.0 Å². The molecule has 26 heavy (non-hydrogen) atoms. The lowest BCUT2D eigenvalue weighted by Crippen LogP contribution is -2.30. The monoisotopic (exact) mass is 433 g/mol. The van der Waals surface area contributed by atoms with Crippen LogP contribution in [0.25, 0.3) is 0 Å². The van der Waals surface area contributed by atoms with Gasteiger partial charge < -0.3 is 11.1 Å². The van der Waals surface area contributed by atoms with Crippen molar-refractivity contribution in [3.05, 3.63) is 64.1 Å². The first-order valence-electron chi connectivity index (χ1n) is 7.34. The standard InChI is InChI=1S/C16H13BrClN7O/c17-10-5-3-9(4-6-10)16(26)25-24-15-12(19)14(21-8-22-15)23-11-2-1-7-20-13(11)18/h1-8H,19H2,(H,25,26)(H2,21,22,23,24). The van der Waals surface area contributed by atoms with E-state index in [1.54, 1.807) is 42.6 Å². The van der Waals surface area contributed by atoms with Gasteiger partial charge in [0.05, 0.1) is 5.69 Å². The summed E-state index contributed by atoms with van der Waals surface area (Å²) < 4.78 is 0.881. The first-order valence-corrected chi connectivity index (χ1v) is 8.51. The number of halogens is 2. The Hall–Kier alpha value is -2.91. The zero-order valence-electron chi connectivity index (χ0n) is 13.2. The molecule has 10 heteroatoms. The minimum Gasteiger partial charge on any atom is -0.393 e. The second kappa shape index (κ2) is 7.98. The van der Waals surface area contributed by atoms with Gasteiger partial charge in [-0.1, -0.05) is 27.5 Å². The predicted molar refractivity (Wildman–Crippen MR) is 104 cm³/mol. The van der Waals surface area contributed by atoms with Gasteiger partial charge in [-0.2, -0.15) is 0 Å². The second-order valence-electron chi connectivity index (χ2n) is 5.04. The lowest BCUT2D eigenvalue weighted by Gasteiger charge is -2.13. The van der Waals surface area contributed by atoms with Crippen molar-refractivity contribution in [2.24, 2.45) is 0 Å². The summed E-state index contributed by atoms with van der Waals surface area (Å²) in [5.41, 5.74) is 12.5. The second-order valence-corrected chi connectivity index (χ2v) is 6.31. The first kappa shape index (κ1) is 17.9. The van der Waals surface area contributed by atoms with Crippen LogP contribution in [0.5, 0.6) is 0 Å². The van der Waals surface area contributed by atoms with E-state index in [0.29, 0.717) is 17.1 Å². The molecule has 0 aliphatic carbocycles. The Labute approximate surface area is 162 Å². The van der Waals surface area contributed by atoms with Crippen LogP contribution < -0.4 is 21.9 Å². The van der Waals surface area contributed by atoms with E-state index in [-0.39, 0.29) is 22.6 Å². The van der Waals surface area contributed by atoms with Crippen LogP contribution in [0.15, 0.2) is 53.4 Å². The van der Waals surface area contributed by atoms with Crippen molar-refractivity contribution in [2.75, 3.05) is 16.5 Å². The summed E-state index contributed by atoms with van der Waals surface area (Å²) in [6, 6.07) is 10.4. The maximum atomic E-state index is 12.1. The molecule has 132 valence electrons. The third-order valence-electron chi connectivity index (χ3n) is 3.30. The van der Waals surface area contributed by atoms with Gasteiger partial charge in [-0.3, -0.25) is 15.6 Å². The van der Waals surface area contributed by atoms with Crippen LogP contribution in [-0.4, -0.2) is 20.9 Å². The minimum absolute atomic E-state index is 0.212. The molecule has 0 radical (unpaired) electrons. The Morgan fingerprint density at radius 3 is 2.54 bits per heavy atom. The van der Waals surface area contributed by atoms with E-state index in [4.69, 9.17) is 17.3 Å². The highest BCUT2D eigenvalue weighted by atomic mass is 79.9. The van der Waals surface area contributed by atoms with E-state index < -0.39 is 0 Å². The van der Waals surface area contributed by atoms with Crippen molar-refractivity contribution in [1.29, 1.82) is 0 Å². The number of carbonyl (C=O) groups is 1. The zero-order valence-corrected chi connectivity index (χ0v) is 15.5. The fraction of sp³-hybridized carbons (Fsp3) is 0. The van der Waals surface area contributed by atoms with Crippen molar-refractivity contribution in [1.82, 2.24) is 20.4 Å². The summed E-state index contributed by atoms with van der Waals surface area (Å²) >= 11 is 9.33. The molecule has 2 aromatic heterocycles. The average molecular weight is 435 g/mol. The zero-order chi connectivity index (χ0) is 18.5. The first-order chi connectivity index (χ1) is 12.5. The molecule has 5 N–H and O–H groups in total. The van der Waals surface area contributed by atoms with Gasteiger partial charge in [0.2, 0.25) is 0 Å². The lowest BCUT2D eigenvalue weighted by molar-refractivity contribution is 0.0962. The number of hydrazine groups is 1. The summed E-state index contributed by atoms with van der Waals surface area (Å²) in [6.07, 6.45) is 2.87. The Balaban J connectivity index is 1.72. The molecule has 3 rings (SSSR count). The van der Waals surface area contributed by atoms with Gasteiger partial charge in [-0.25, -0.2) is 15.0 Å². The number of nitrogen functional groups attached to an aromatic ring is 1. The van der Waals surface area contributed by atoms with Gasteiger partial charge in [0.1, 0.15) is 12.0 Å². The molecule has 0 fully saturated rings. The highest BCUT2D eigenvalue weighted by molar-refractivity contribution is 9.10. The summed E-state index contributed by atoms with van der Waals surface area (Å²) in [5, 5.41) is 3.26. The molecule has 1 amide bonds. The van der Waals surface area contributed by atoms with E-state index in [1.165, 1.54) is 6.33 Å². The molecule has 0 aliphatic heterocycles. The van der Waals surface area contributed by atoms with Crippen LogP contribution in [-0.2, 0) is 0 Å². The summed E-state index contributed by atoms with van der Waals surface area (Å²) in [5.74, 6) is 0.239. The van der Waals surface area contributed by atoms with Gasteiger partial charge in [0, 0.05) is 16.2 Å². The maximum Gasteiger partial charge on any atom is 0.269 e. The number of nitrogens with two attached hydrogens (primary N) is 1. The number of pyridine rings is 1. The van der Waals surface area contributed by atoms with E-state index >= 15 is 0 Å². The number of carbonyl (C=O) groups excluding carboxylic acids is 1. The number of nitrogens with one attached hydrogen (secondary N) is 3. The Kier molecular flexibility index (Phi) is 5.49. The maximum absolute atomic E-state index is 12.1. The summed E-state index contributed by atoms with van der Waals surface area (Å²) in [6.45, 7) is 0. The number of benzene rings is 1. The third-order valence-corrected chi connectivity index (χ3v) is 4.13. The van der Waals surface area contributed by atoms with Gasteiger partial charge in [0.25, 0.3) is 5.91 Å². The van der Waals surface area contributed by atoms with Crippen molar-refractivity contribution in [2.45, 2.75) is 0 Å². The molecule has 3 aromatic rings. The average Bonchev–Trinajstić information content (AvgIpc) is 2.64. The van der Waals surface area contributed by atoms with Gasteiger partial charge in [-0.15, -0.1) is 0 Å². The summed E-state index contributed by atoms with van der Waals surface area (Å²) in [4.78, 5) is 24.2. The number of nitrogens with zero attached hydrogens (tertiary/aromatic N) is 3. The lowest BCUT2D eigenvalue weighted by atomic mass is 10.2. The largest absolute Gasteiger partial charge is 0.393 e. The smallest absolute Gasteiger partial charge is 0.269 e. The minimum atomic E-state index is -0.333. The topological polar surface area (TPSA) is 118 Å². The Bertz CT molecular complexity index is 936. The van der Waals surface area contributed by atoms with Crippen LogP contribution in [0.1, 0.15) is 10.4 Å². The summed E-state index contributed by atoms with van der Waals surface area (Å²) in [7, 11) is 0. The molecular weight excluding hydrogens is 422 g/mol. The number of amides is 1. The predicted octanol–water partition coefficient (Wildman–Crippen LogP) is 3.37. The van der Waals surface area contributed by atoms with E-state index in [0.717, 1.165) is 4.47 Å². The Morgan fingerprint density at radius 1 is 1.08 bits per heavy atom. The molecule has 2 heterocycles. The van der Waals surface area contributed by atoms with Crippen LogP contribution >= 0.6 is 27.5 Å². The van der Waals surface area contributed by atoms with E-state index in [2.05, 4.69) is 47.1 Å². The number of anilines is 4. The molecule has 1 aromatic carbocycles. The molecule has 0 unspecified atom stereocenters. The van der Waals surface area contributed by atoms with Gasteiger partial charge in [-0.05, 0) is 36.4 Å². The Morgan fingerprint density at radius 2 is 1.81 bits per heavy atom. The molecule has 0 spiro atoms. The fourth-order valence-electron chi connectivity index (χ4n) is 1.99. The SMILES string of the molecule is Nc1c(NNC(=O)c2ccc(Br)cc2)ncnc1Nc1cccnc1Cl. The number of aromatic nitrogens is 3. The molecule has 8 nitrogen and oxygen atoms in total. The van der Waals surface area contributed by atoms with Crippen molar-refractivity contribution in [3.8, 4) is 0 Å². The molecule has 0 saturated carbocycles. The fourth-order valence-corrected chi connectivity index (χ4v) is 2.42. The van der Waals surface area contributed by atoms with Crippen molar-refractivity contribution < 1.29 is 4.79 Å². The molecule has 0 aliphatic rings. The van der Waals surface area contributed by atoms with Crippen LogP contribution in [0, 0.1) is 0 Å². The highest BCUT2D eigenvalue weighted by Gasteiger charge is 2.11. The normalized spacial score (nSPS) is 10.2.